The number of hydrogen-bond donors (Lipinski definition) is 1. The van der Waals surface area contributed by atoms with Gasteiger partial charge in [0.05, 0.1) is 10.7 Å². The van der Waals surface area contributed by atoms with Crippen molar-refractivity contribution < 1.29 is 4.42 Å². The lowest BCUT2D eigenvalue weighted by Gasteiger charge is -2.14. The first-order valence-electron chi connectivity index (χ1n) is 3.12. The average Bonchev–Trinajstić information content (AvgIpc) is 2.45. The number of furan rings is 1. The van der Waals surface area contributed by atoms with Gasteiger partial charge in [-0.3, -0.25) is 0 Å². The van der Waals surface area contributed by atoms with Crippen molar-refractivity contribution in [3.8, 4) is 0 Å². The van der Waals surface area contributed by atoms with Gasteiger partial charge in [0.2, 0.25) is 0 Å². The molecule has 0 fully saturated rings. The summed E-state index contributed by atoms with van der Waals surface area (Å²) in [5.41, 5.74) is 0.797. The topological polar surface area (TPSA) is 25.2 Å². The molecule has 1 N–H and O–H groups in total. The molecule has 1 aromatic heterocycles. The third-order valence-corrected chi connectivity index (χ3v) is 2.49. The molecule has 1 atom stereocenters. The molecule has 2 rings (SSSR count). The van der Waals surface area contributed by atoms with E-state index in [1.807, 2.05) is 6.07 Å². The Hall–Kier alpha value is -0.410. The van der Waals surface area contributed by atoms with E-state index in [-0.39, 0.29) is 5.50 Å². The molecule has 0 spiro atoms. The predicted octanol–water partition coefficient (Wildman–Crippen LogP) is 2.81. The van der Waals surface area contributed by atoms with Gasteiger partial charge in [-0.05, 0) is 22.0 Å². The van der Waals surface area contributed by atoms with Crippen molar-refractivity contribution in [1.82, 2.24) is 5.32 Å². The Bertz CT molecular complexity index is 307. The van der Waals surface area contributed by atoms with Crippen molar-refractivity contribution in [1.29, 1.82) is 0 Å². The maximum Gasteiger partial charge on any atom is 0.148 e. The van der Waals surface area contributed by atoms with Crippen molar-refractivity contribution >= 4 is 32.0 Å². The fraction of sp³-hybridized carbons (Fsp3) is 0.143. The van der Waals surface area contributed by atoms with E-state index in [4.69, 9.17) is 16.0 Å². The Morgan fingerprint density at radius 3 is 3.18 bits per heavy atom. The number of rotatable bonds is 0. The van der Waals surface area contributed by atoms with Gasteiger partial charge in [-0.1, -0.05) is 11.6 Å². The molecule has 0 bridgehead atoms. The highest BCUT2D eigenvalue weighted by Crippen LogP contribution is 2.34. The summed E-state index contributed by atoms with van der Waals surface area (Å²) in [5.74, 6) is 0.809. The standard InChI is InChI=1S/C7H5BrClNO/c8-5-3-10-7(9)4-1-2-11-6(4)5/h1-3,7,10H. The molecule has 11 heavy (non-hydrogen) atoms. The van der Waals surface area contributed by atoms with E-state index in [1.54, 1.807) is 12.5 Å². The van der Waals surface area contributed by atoms with Crippen LogP contribution in [0.4, 0.5) is 0 Å². The summed E-state index contributed by atoms with van der Waals surface area (Å²) in [7, 11) is 0. The van der Waals surface area contributed by atoms with E-state index >= 15 is 0 Å². The number of nitrogens with one attached hydrogen (secondary N) is 1. The van der Waals surface area contributed by atoms with Gasteiger partial charge >= 0.3 is 0 Å². The predicted molar refractivity (Wildman–Crippen MR) is 47.3 cm³/mol. The molecular formula is C7H5BrClNO. The van der Waals surface area contributed by atoms with E-state index in [0.29, 0.717) is 0 Å². The van der Waals surface area contributed by atoms with Crippen LogP contribution in [0.3, 0.4) is 0 Å². The molecule has 1 unspecified atom stereocenters. The normalized spacial score (nSPS) is 22.0. The van der Waals surface area contributed by atoms with Gasteiger partial charge in [-0.25, -0.2) is 0 Å². The average molecular weight is 234 g/mol. The first kappa shape index (κ1) is 7.25. The van der Waals surface area contributed by atoms with Crippen LogP contribution in [0.25, 0.3) is 4.48 Å². The van der Waals surface area contributed by atoms with Crippen molar-refractivity contribution in [2.24, 2.45) is 0 Å². The highest BCUT2D eigenvalue weighted by molar-refractivity contribution is 9.15. The lowest BCUT2D eigenvalue weighted by atomic mass is 10.2. The van der Waals surface area contributed by atoms with E-state index in [0.717, 1.165) is 15.8 Å². The lowest BCUT2D eigenvalue weighted by molar-refractivity contribution is 0.547. The van der Waals surface area contributed by atoms with E-state index in [1.165, 1.54) is 0 Å². The van der Waals surface area contributed by atoms with E-state index in [9.17, 15) is 0 Å². The largest absolute Gasteiger partial charge is 0.463 e. The zero-order valence-electron chi connectivity index (χ0n) is 5.47. The van der Waals surface area contributed by atoms with Crippen LogP contribution in [0.5, 0.6) is 0 Å². The van der Waals surface area contributed by atoms with Crippen LogP contribution in [0.15, 0.2) is 22.9 Å². The van der Waals surface area contributed by atoms with Gasteiger partial charge in [-0.2, -0.15) is 0 Å². The number of hydrogen-bond acceptors (Lipinski definition) is 2. The quantitative estimate of drug-likeness (QED) is 0.552. The Balaban J connectivity index is 2.55. The molecule has 0 aromatic carbocycles. The van der Waals surface area contributed by atoms with Crippen molar-refractivity contribution in [3.63, 3.8) is 0 Å². The second-order valence-electron chi connectivity index (χ2n) is 2.23. The summed E-state index contributed by atoms with van der Waals surface area (Å²) in [5, 5.41) is 2.97. The third kappa shape index (κ3) is 1.08. The highest BCUT2D eigenvalue weighted by Gasteiger charge is 2.20. The number of alkyl halides is 1. The smallest absolute Gasteiger partial charge is 0.148 e. The van der Waals surface area contributed by atoms with Gasteiger partial charge in [0.1, 0.15) is 11.3 Å². The molecule has 58 valence electrons. The summed E-state index contributed by atoms with van der Waals surface area (Å²) in [6.07, 6.45) is 3.41. The minimum Gasteiger partial charge on any atom is -0.463 e. The molecule has 2 heterocycles. The van der Waals surface area contributed by atoms with Crippen LogP contribution in [0.2, 0.25) is 0 Å². The van der Waals surface area contributed by atoms with E-state index < -0.39 is 0 Å². The summed E-state index contributed by atoms with van der Waals surface area (Å²) >= 11 is 9.26. The molecule has 0 saturated carbocycles. The summed E-state index contributed by atoms with van der Waals surface area (Å²) in [4.78, 5) is 0. The Morgan fingerprint density at radius 2 is 2.45 bits per heavy atom. The molecule has 4 heteroatoms. The summed E-state index contributed by atoms with van der Waals surface area (Å²) in [6, 6.07) is 1.86. The molecular weight excluding hydrogens is 229 g/mol. The minimum absolute atomic E-state index is 0.176. The SMILES string of the molecule is ClC1NC=C(Br)c2occc21. The van der Waals surface area contributed by atoms with Crippen LogP contribution in [0.1, 0.15) is 16.8 Å². The second-order valence-corrected chi connectivity index (χ2v) is 3.52. The van der Waals surface area contributed by atoms with Gasteiger partial charge in [0.25, 0.3) is 0 Å². The van der Waals surface area contributed by atoms with Crippen LogP contribution < -0.4 is 5.32 Å². The molecule has 1 aliphatic heterocycles. The van der Waals surface area contributed by atoms with Crippen LogP contribution >= 0.6 is 27.5 Å². The zero-order valence-corrected chi connectivity index (χ0v) is 7.82. The molecule has 0 radical (unpaired) electrons. The Kier molecular flexibility index (Phi) is 1.69. The molecule has 0 amide bonds. The summed E-state index contributed by atoms with van der Waals surface area (Å²) < 4.78 is 6.10. The maximum absolute atomic E-state index is 5.92. The molecule has 1 aromatic rings. The second kappa shape index (κ2) is 2.57. The first-order chi connectivity index (χ1) is 5.29. The van der Waals surface area contributed by atoms with Crippen LogP contribution in [-0.2, 0) is 0 Å². The molecule has 1 aliphatic rings. The van der Waals surface area contributed by atoms with Gasteiger partial charge in [0.15, 0.2) is 0 Å². The first-order valence-corrected chi connectivity index (χ1v) is 4.35. The lowest BCUT2D eigenvalue weighted by Crippen LogP contribution is -2.13. The van der Waals surface area contributed by atoms with Gasteiger partial charge < -0.3 is 9.73 Å². The molecule has 2 nitrogen and oxygen atoms in total. The van der Waals surface area contributed by atoms with Gasteiger partial charge in [0, 0.05) is 11.8 Å². The minimum atomic E-state index is -0.176. The fourth-order valence-electron chi connectivity index (χ4n) is 1.01. The Morgan fingerprint density at radius 1 is 1.64 bits per heavy atom. The van der Waals surface area contributed by atoms with Crippen molar-refractivity contribution in [2.45, 2.75) is 5.50 Å². The monoisotopic (exact) mass is 233 g/mol. The highest BCUT2D eigenvalue weighted by atomic mass is 79.9. The summed E-state index contributed by atoms with van der Waals surface area (Å²) in [6.45, 7) is 0. The van der Waals surface area contributed by atoms with Crippen LogP contribution in [-0.4, -0.2) is 0 Å². The third-order valence-electron chi connectivity index (χ3n) is 1.54. The number of halogens is 2. The van der Waals surface area contributed by atoms with Crippen molar-refractivity contribution in [3.05, 3.63) is 29.9 Å². The zero-order chi connectivity index (χ0) is 7.84. The maximum atomic E-state index is 5.92. The van der Waals surface area contributed by atoms with Crippen LogP contribution in [0, 0.1) is 0 Å². The van der Waals surface area contributed by atoms with Crippen molar-refractivity contribution in [2.75, 3.05) is 0 Å². The van der Waals surface area contributed by atoms with Gasteiger partial charge in [-0.15, -0.1) is 0 Å². The fourth-order valence-corrected chi connectivity index (χ4v) is 1.70. The molecule has 0 aliphatic carbocycles. The number of fused-ring (bicyclic) bond motifs is 1. The molecule has 0 saturated heterocycles. The van der Waals surface area contributed by atoms with E-state index in [2.05, 4.69) is 21.2 Å². The Labute approximate surface area is 77.3 Å².